The highest BCUT2D eigenvalue weighted by atomic mass is 32.2. The summed E-state index contributed by atoms with van der Waals surface area (Å²) in [6.45, 7) is 9.41. The van der Waals surface area contributed by atoms with Gasteiger partial charge < -0.3 is 15.0 Å². The number of carbonyl (C=O) groups is 1. The van der Waals surface area contributed by atoms with Crippen molar-refractivity contribution in [1.29, 1.82) is 0 Å². The molecule has 0 aromatic rings. The number of amides is 1. The minimum absolute atomic E-state index is 0.152. The third-order valence-corrected chi connectivity index (χ3v) is 6.46. The average molecular weight is 348 g/mol. The molecule has 1 unspecified atom stereocenters. The number of piperidine rings is 1. The van der Waals surface area contributed by atoms with Crippen LogP contribution < -0.4 is 5.32 Å². The third-order valence-electron chi connectivity index (χ3n) is 4.53. The van der Waals surface area contributed by atoms with Gasteiger partial charge in [-0.1, -0.05) is 0 Å². The van der Waals surface area contributed by atoms with Gasteiger partial charge in [0, 0.05) is 31.6 Å². The first-order chi connectivity index (χ1) is 10.6. The Kier molecular flexibility index (Phi) is 5.27. The lowest BCUT2D eigenvalue weighted by molar-refractivity contribution is 0.0121. The summed E-state index contributed by atoms with van der Waals surface area (Å²) in [4.78, 5) is 13.8. The molecule has 0 aliphatic carbocycles. The van der Waals surface area contributed by atoms with E-state index in [2.05, 4.69) is 5.32 Å². The number of nitrogens with zero attached hydrogens (tertiary/aromatic N) is 1. The van der Waals surface area contributed by atoms with E-state index in [1.54, 1.807) is 11.8 Å². The quantitative estimate of drug-likeness (QED) is 0.775. The van der Waals surface area contributed by atoms with Gasteiger partial charge >= 0.3 is 6.09 Å². The van der Waals surface area contributed by atoms with Gasteiger partial charge in [-0.2, -0.15) is 8.42 Å². The van der Waals surface area contributed by atoms with Gasteiger partial charge in [-0.3, -0.25) is 4.18 Å². The van der Waals surface area contributed by atoms with Crippen molar-refractivity contribution in [2.24, 2.45) is 5.41 Å². The molecular formula is C15H28N2O5S. The second-order valence-electron chi connectivity index (χ2n) is 7.35. The van der Waals surface area contributed by atoms with Crippen LogP contribution in [0.5, 0.6) is 0 Å². The van der Waals surface area contributed by atoms with Crippen LogP contribution in [0.25, 0.3) is 0 Å². The Bertz CT molecular complexity index is 533. The fraction of sp³-hybridized carbons (Fsp3) is 0.933. The Hall–Kier alpha value is -0.860. The predicted octanol–water partition coefficient (Wildman–Crippen LogP) is 1.34. The lowest BCUT2D eigenvalue weighted by Crippen LogP contribution is -2.51. The zero-order chi connectivity index (χ0) is 17.3. The van der Waals surface area contributed by atoms with Crippen molar-refractivity contribution in [3.63, 3.8) is 0 Å². The van der Waals surface area contributed by atoms with Gasteiger partial charge in [-0.25, -0.2) is 4.79 Å². The Morgan fingerprint density at radius 1 is 1.30 bits per heavy atom. The molecule has 0 bridgehead atoms. The van der Waals surface area contributed by atoms with Gasteiger partial charge in [0.1, 0.15) is 10.9 Å². The maximum atomic E-state index is 12.3. The first-order valence-corrected chi connectivity index (χ1v) is 9.64. The van der Waals surface area contributed by atoms with Crippen molar-refractivity contribution >= 4 is 16.2 Å². The number of carbonyl (C=O) groups excluding carboxylic acids is 1. The van der Waals surface area contributed by atoms with Crippen LogP contribution >= 0.6 is 0 Å². The van der Waals surface area contributed by atoms with Gasteiger partial charge in [0.25, 0.3) is 10.1 Å². The van der Waals surface area contributed by atoms with E-state index in [-0.39, 0.29) is 18.1 Å². The van der Waals surface area contributed by atoms with E-state index in [1.807, 2.05) is 20.8 Å². The summed E-state index contributed by atoms with van der Waals surface area (Å²) in [5, 5.41) is 2.64. The smallest absolute Gasteiger partial charge is 0.410 e. The van der Waals surface area contributed by atoms with E-state index in [0.29, 0.717) is 39.0 Å². The van der Waals surface area contributed by atoms with Crippen LogP contribution in [0.1, 0.15) is 40.5 Å². The van der Waals surface area contributed by atoms with Crippen molar-refractivity contribution in [3.8, 4) is 0 Å². The fourth-order valence-corrected chi connectivity index (χ4v) is 5.14. The van der Waals surface area contributed by atoms with Crippen LogP contribution in [0.3, 0.4) is 0 Å². The molecular weight excluding hydrogens is 320 g/mol. The molecule has 0 aromatic carbocycles. The minimum Gasteiger partial charge on any atom is -0.444 e. The Morgan fingerprint density at radius 3 is 2.43 bits per heavy atom. The van der Waals surface area contributed by atoms with Crippen molar-refractivity contribution in [2.75, 3.05) is 32.8 Å². The molecule has 2 rings (SSSR count). The van der Waals surface area contributed by atoms with Gasteiger partial charge in [-0.15, -0.1) is 0 Å². The molecule has 1 atom stereocenters. The Labute approximate surface area is 138 Å². The maximum absolute atomic E-state index is 12.3. The summed E-state index contributed by atoms with van der Waals surface area (Å²) in [6, 6.07) is 0. The molecule has 0 radical (unpaired) electrons. The Morgan fingerprint density at radius 2 is 1.91 bits per heavy atom. The molecule has 2 fully saturated rings. The van der Waals surface area contributed by atoms with Crippen LogP contribution in [0.4, 0.5) is 4.79 Å². The lowest BCUT2D eigenvalue weighted by atomic mass is 9.77. The van der Waals surface area contributed by atoms with Crippen LogP contribution in [0.2, 0.25) is 0 Å². The third kappa shape index (κ3) is 4.16. The number of hydrogen-bond acceptors (Lipinski definition) is 6. The van der Waals surface area contributed by atoms with Crippen LogP contribution in [0.15, 0.2) is 0 Å². The number of likely N-dealkylation sites (tertiary alicyclic amines) is 1. The normalized spacial score (nSPS) is 24.9. The predicted molar refractivity (Wildman–Crippen MR) is 86.7 cm³/mol. The molecule has 23 heavy (non-hydrogen) atoms. The minimum atomic E-state index is -3.58. The highest BCUT2D eigenvalue weighted by molar-refractivity contribution is 7.87. The van der Waals surface area contributed by atoms with Gasteiger partial charge in [-0.05, 0) is 40.5 Å². The van der Waals surface area contributed by atoms with Crippen molar-refractivity contribution in [1.82, 2.24) is 10.2 Å². The van der Waals surface area contributed by atoms with Crippen LogP contribution in [0, 0.1) is 5.41 Å². The van der Waals surface area contributed by atoms with Gasteiger partial charge in [0.2, 0.25) is 0 Å². The molecule has 2 saturated heterocycles. The van der Waals surface area contributed by atoms with Crippen molar-refractivity contribution < 1.29 is 22.1 Å². The second-order valence-corrected chi connectivity index (χ2v) is 9.14. The largest absolute Gasteiger partial charge is 0.444 e. The van der Waals surface area contributed by atoms with Gasteiger partial charge in [0.15, 0.2) is 0 Å². The van der Waals surface area contributed by atoms with Crippen LogP contribution in [-0.4, -0.2) is 63.0 Å². The summed E-state index contributed by atoms with van der Waals surface area (Å²) in [7, 11) is -3.58. The van der Waals surface area contributed by atoms with E-state index >= 15 is 0 Å². The van der Waals surface area contributed by atoms with E-state index in [4.69, 9.17) is 8.92 Å². The lowest BCUT2D eigenvalue weighted by Gasteiger charge is -2.41. The first-order valence-electron chi connectivity index (χ1n) is 8.16. The topological polar surface area (TPSA) is 84.9 Å². The monoisotopic (exact) mass is 348 g/mol. The van der Waals surface area contributed by atoms with Crippen molar-refractivity contribution in [3.05, 3.63) is 0 Å². The second kappa shape index (κ2) is 6.57. The zero-order valence-corrected chi connectivity index (χ0v) is 15.2. The summed E-state index contributed by atoms with van der Waals surface area (Å²) in [5.41, 5.74) is -0.880. The van der Waals surface area contributed by atoms with E-state index in [1.165, 1.54) is 0 Å². The number of ether oxygens (including phenoxy) is 1. The number of rotatable bonds is 3. The summed E-state index contributed by atoms with van der Waals surface area (Å²) >= 11 is 0. The SMILES string of the molecule is CCOS(=O)(=O)C1CNCC12CCN(C(=O)OC(C)(C)C)CC2. The standard InChI is InChI=1S/C15H28N2O5S/c1-5-21-23(19,20)12-10-16-11-15(12)6-8-17(9-7-15)13(18)22-14(2,3)4/h12,16H,5-11H2,1-4H3. The summed E-state index contributed by atoms with van der Waals surface area (Å²) < 4.78 is 35.1. The first kappa shape index (κ1) is 18.5. The van der Waals surface area contributed by atoms with E-state index in [0.717, 1.165) is 0 Å². The molecule has 1 amide bonds. The molecule has 0 saturated carbocycles. The molecule has 7 nitrogen and oxygen atoms in total. The van der Waals surface area contributed by atoms with Gasteiger partial charge in [0.05, 0.1) is 6.61 Å². The van der Waals surface area contributed by atoms with E-state index < -0.39 is 21.0 Å². The maximum Gasteiger partial charge on any atom is 0.410 e. The highest BCUT2D eigenvalue weighted by Gasteiger charge is 2.52. The molecule has 1 spiro atoms. The Balaban J connectivity index is 2.03. The molecule has 8 heteroatoms. The van der Waals surface area contributed by atoms with Crippen LogP contribution in [-0.2, 0) is 19.0 Å². The van der Waals surface area contributed by atoms with Crippen molar-refractivity contribution in [2.45, 2.75) is 51.4 Å². The zero-order valence-electron chi connectivity index (χ0n) is 14.4. The average Bonchev–Trinajstić information content (AvgIpc) is 2.82. The molecule has 2 aliphatic rings. The molecule has 1 N–H and O–H groups in total. The number of hydrogen-bond donors (Lipinski definition) is 1. The fourth-order valence-electron chi connectivity index (χ4n) is 3.40. The molecule has 2 heterocycles. The highest BCUT2D eigenvalue weighted by Crippen LogP contribution is 2.41. The summed E-state index contributed by atoms with van der Waals surface area (Å²) in [6.07, 6.45) is 0.939. The molecule has 2 aliphatic heterocycles. The number of nitrogens with one attached hydrogen (secondary N) is 1. The molecule has 0 aromatic heterocycles. The van der Waals surface area contributed by atoms with E-state index in [9.17, 15) is 13.2 Å². The summed E-state index contributed by atoms with van der Waals surface area (Å²) in [5.74, 6) is 0. The molecule has 134 valence electrons.